The predicted octanol–water partition coefficient (Wildman–Crippen LogP) is 4.00. The minimum atomic E-state index is 0.313. The van der Waals surface area contributed by atoms with Crippen molar-refractivity contribution in [1.29, 1.82) is 0 Å². The van der Waals surface area contributed by atoms with Gasteiger partial charge in [0.1, 0.15) is 0 Å². The Kier molecular flexibility index (Phi) is 4.77. The lowest BCUT2D eigenvalue weighted by atomic mass is 10.1. The molecule has 0 bridgehead atoms. The number of benzene rings is 1. The van der Waals surface area contributed by atoms with Crippen LogP contribution in [0.1, 0.15) is 37.4 Å². The van der Waals surface area contributed by atoms with Gasteiger partial charge in [0, 0.05) is 16.7 Å². The average Bonchev–Trinajstić information content (AvgIpc) is 2.82. The van der Waals surface area contributed by atoms with Crippen molar-refractivity contribution in [3.05, 3.63) is 46.2 Å². The molecule has 0 radical (unpaired) electrons. The van der Waals surface area contributed by atoms with Gasteiger partial charge in [-0.25, -0.2) is 4.68 Å². The number of rotatable bonds is 5. The van der Waals surface area contributed by atoms with E-state index in [-0.39, 0.29) is 0 Å². The maximum absolute atomic E-state index is 4.42. The molecule has 1 unspecified atom stereocenters. The SMILES string of the molecule is CCCNC(C)c1ccc(Br)cc1-n1cc(C)cn1. The Hall–Kier alpha value is -1.13. The van der Waals surface area contributed by atoms with Crippen LogP contribution in [0.5, 0.6) is 0 Å². The third kappa shape index (κ3) is 3.45. The minimum Gasteiger partial charge on any atom is -0.310 e. The zero-order chi connectivity index (χ0) is 13.8. The summed E-state index contributed by atoms with van der Waals surface area (Å²) in [7, 11) is 0. The van der Waals surface area contributed by atoms with Crippen LogP contribution in [0.25, 0.3) is 5.69 Å². The van der Waals surface area contributed by atoms with Crippen LogP contribution in [-0.2, 0) is 0 Å². The Morgan fingerprint density at radius 3 is 2.84 bits per heavy atom. The fourth-order valence-corrected chi connectivity index (χ4v) is 2.45. The van der Waals surface area contributed by atoms with E-state index in [1.165, 1.54) is 11.1 Å². The van der Waals surface area contributed by atoms with Crippen molar-refractivity contribution in [3.63, 3.8) is 0 Å². The molecule has 1 aromatic heterocycles. The van der Waals surface area contributed by atoms with Crippen molar-refractivity contribution in [1.82, 2.24) is 15.1 Å². The highest BCUT2D eigenvalue weighted by Crippen LogP contribution is 2.25. The lowest BCUT2D eigenvalue weighted by molar-refractivity contribution is 0.567. The van der Waals surface area contributed by atoms with Gasteiger partial charge in [0.25, 0.3) is 0 Å². The Bertz CT molecular complexity index is 548. The zero-order valence-corrected chi connectivity index (χ0v) is 13.2. The summed E-state index contributed by atoms with van der Waals surface area (Å²) in [5.74, 6) is 0. The molecule has 0 spiro atoms. The summed E-state index contributed by atoms with van der Waals surface area (Å²) in [5.41, 5.74) is 3.55. The van der Waals surface area contributed by atoms with Gasteiger partial charge in [-0.1, -0.05) is 28.9 Å². The van der Waals surface area contributed by atoms with Crippen LogP contribution < -0.4 is 5.32 Å². The summed E-state index contributed by atoms with van der Waals surface area (Å²) in [6.07, 6.45) is 5.07. The zero-order valence-electron chi connectivity index (χ0n) is 11.7. The number of hydrogen-bond acceptors (Lipinski definition) is 2. The van der Waals surface area contributed by atoms with Crippen LogP contribution in [-0.4, -0.2) is 16.3 Å². The number of aryl methyl sites for hydroxylation is 1. The minimum absolute atomic E-state index is 0.313. The van der Waals surface area contributed by atoms with E-state index in [1.54, 1.807) is 0 Å². The highest BCUT2D eigenvalue weighted by Gasteiger charge is 2.12. The summed E-state index contributed by atoms with van der Waals surface area (Å²) in [6, 6.07) is 6.67. The second-order valence-corrected chi connectivity index (χ2v) is 5.76. The van der Waals surface area contributed by atoms with Gasteiger partial charge in [-0.15, -0.1) is 0 Å². The molecule has 102 valence electrons. The summed E-state index contributed by atoms with van der Waals surface area (Å²) in [5, 5.41) is 7.95. The first-order valence-electron chi connectivity index (χ1n) is 6.66. The average molecular weight is 322 g/mol. The molecule has 0 fully saturated rings. The van der Waals surface area contributed by atoms with Crippen LogP contribution in [0, 0.1) is 6.92 Å². The predicted molar refractivity (Wildman–Crippen MR) is 82.7 cm³/mol. The summed E-state index contributed by atoms with van der Waals surface area (Å²) in [6.45, 7) is 7.45. The number of halogens is 1. The van der Waals surface area contributed by atoms with E-state index >= 15 is 0 Å². The second-order valence-electron chi connectivity index (χ2n) is 4.84. The normalized spacial score (nSPS) is 12.6. The second kappa shape index (κ2) is 6.35. The van der Waals surface area contributed by atoms with Crippen molar-refractivity contribution >= 4 is 15.9 Å². The third-order valence-electron chi connectivity index (χ3n) is 3.12. The molecule has 0 aliphatic heterocycles. The lowest BCUT2D eigenvalue weighted by Gasteiger charge is -2.18. The quantitative estimate of drug-likeness (QED) is 0.901. The number of nitrogens with one attached hydrogen (secondary N) is 1. The Morgan fingerprint density at radius 2 is 2.21 bits per heavy atom. The first-order valence-corrected chi connectivity index (χ1v) is 7.45. The number of nitrogens with zero attached hydrogens (tertiary/aromatic N) is 2. The molecule has 3 nitrogen and oxygen atoms in total. The topological polar surface area (TPSA) is 29.9 Å². The molecular formula is C15H20BrN3. The molecule has 0 amide bonds. The van der Waals surface area contributed by atoms with E-state index in [1.807, 2.05) is 10.9 Å². The maximum Gasteiger partial charge on any atom is 0.0704 e. The van der Waals surface area contributed by atoms with E-state index in [2.05, 4.69) is 71.5 Å². The van der Waals surface area contributed by atoms with E-state index in [4.69, 9.17) is 0 Å². The highest BCUT2D eigenvalue weighted by molar-refractivity contribution is 9.10. The molecule has 0 aliphatic rings. The van der Waals surface area contributed by atoms with Crippen molar-refractivity contribution in [3.8, 4) is 5.69 Å². The molecule has 2 rings (SSSR count). The van der Waals surface area contributed by atoms with Crippen LogP contribution in [0.4, 0.5) is 0 Å². The summed E-state index contributed by atoms with van der Waals surface area (Å²) in [4.78, 5) is 0. The Labute approximate surface area is 123 Å². The molecule has 1 atom stereocenters. The molecule has 1 heterocycles. The fourth-order valence-electron chi connectivity index (χ4n) is 2.10. The van der Waals surface area contributed by atoms with E-state index in [0.717, 1.165) is 23.1 Å². The van der Waals surface area contributed by atoms with Gasteiger partial charge in [0.2, 0.25) is 0 Å². The van der Waals surface area contributed by atoms with Gasteiger partial charge >= 0.3 is 0 Å². The fraction of sp³-hybridized carbons (Fsp3) is 0.400. The van der Waals surface area contributed by atoms with Gasteiger partial charge < -0.3 is 5.32 Å². The molecule has 0 aliphatic carbocycles. The van der Waals surface area contributed by atoms with E-state index in [9.17, 15) is 0 Å². The first kappa shape index (κ1) is 14.3. The van der Waals surface area contributed by atoms with Gasteiger partial charge in [-0.3, -0.25) is 0 Å². The Balaban J connectivity index is 2.38. The number of aromatic nitrogens is 2. The molecule has 19 heavy (non-hydrogen) atoms. The lowest BCUT2D eigenvalue weighted by Crippen LogP contribution is -2.20. The maximum atomic E-state index is 4.42. The van der Waals surface area contributed by atoms with Gasteiger partial charge in [-0.2, -0.15) is 5.10 Å². The largest absolute Gasteiger partial charge is 0.310 e. The molecule has 2 aromatic rings. The van der Waals surface area contributed by atoms with Crippen LogP contribution in [0.2, 0.25) is 0 Å². The van der Waals surface area contributed by atoms with E-state index in [0.29, 0.717) is 6.04 Å². The van der Waals surface area contributed by atoms with Crippen molar-refractivity contribution < 1.29 is 0 Å². The van der Waals surface area contributed by atoms with Crippen LogP contribution in [0.15, 0.2) is 35.1 Å². The van der Waals surface area contributed by atoms with Crippen molar-refractivity contribution in [2.45, 2.75) is 33.2 Å². The molecule has 0 saturated heterocycles. The molecule has 4 heteroatoms. The number of hydrogen-bond donors (Lipinski definition) is 1. The summed E-state index contributed by atoms with van der Waals surface area (Å²) >= 11 is 3.54. The van der Waals surface area contributed by atoms with Crippen molar-refractivity contribution in [2.24, 2.45) is 0 Å². The highest BCUT2D eigenvalue weighted by atomic mass is 79.9. The van der Waals surface area contributed by atoms with Crippen LogP contribution >= 0.6 is 15.9 Å². The monoisotopic (exact) mass is 321 g/mol. The van der Waals surface area contributed by atoms with Crippen LogP contribution in [0.3, 0.4) is 0 Å². The van der Waals surface area contributed by atoms with Gasteiger partial charge in [0.15, 0.2) is 0 Å². The molecule has 1 aromatic carbocycles. The molecule has 1 N–H and O–H groups in total. The smallest absolute Gasteiger partial charge is 0.0704 e. The first-order chi connectivity index (χ1) is 9.11. The molecule has 0 saturated carbocycles. The standard InChI is InChI=1S/C15H20BrN3/c1-4-7-17-12(3)14-6-5-13(16)8-15(14)19-10-11(2)9-18-19/h5-6,8-10,12,17H,4,7H2,1-3H3. The third-order valence-corrected chi connectivity index (χ3v) is 3.61. The van der Waals surface area contributed by atoms with Gasteiger partial charge in [-0.05, 0) is 50.1 Å². The van der Waals surface area contributed by atoms with E-state index < -0.39 is 0 Å². The Morgan fingerprint density at radius 1 is 1.42 bits per heavy atom. The molecular weight excluding hydrogens is 302 g/mol. The summed E-state index contributed by atoms with van der Waals surface area (Å²) < 4.78 is 3.02. The van der Waals surface area contributed by atoms with Gasteiger partial charge in [0.05, 0.1) is 11.9 Å². The van der Waals surface area contributed by atoms with Crippen molar-refractivity contribution in [2.75, 3.05) is 6.54 Å².